The maximum atomic E-state index is 11.6. The lowest BCUT2D eigenvalue weighted by Gasteiger charge is -2.13. The Labute approximate surface area is 107 Å². The molecule has 1 aromatic carbocycles. The molecule has 17 heavy (non-hydrogen) atoms. The minimum absolute atomic E-state index is 0.291. The van der Waals surface area contributed by atoms with Crippen LogP contribution in [0, 0.1) is 11.3 Å². The number of benzene rings is 1. The van der Waals surface area contributed by atoms with Crippen LogP contribution < -0.4 is 4.90 Å². The van der Waals surface area contributed by atoms with E-state index >= 15 is 0 Å². The molecule has 4 nitrogen and oxygen atoms in total. The Morgan fingerprint density at radius 1 is 1.00 bits per heavy atom. The lowest BCUT2D eigenvalue weighted by Crippen LogP contribution is -2.30. The number of hydrogen-bond donors (Lipinski definition) is 0. The van der Waals surface area contributed by atoms with Gasteiger partial charge in [0.05, 0.1) is 17.3 Å². The van der Waals surface area contributed by atoms with Crippen LogP contribution in [-0.4, -0.2) is 11.8 Å². The van der Waals surface area contributed by atoms with Crippen molar-refractivity contribution in [3.05, 3.63) is 39.9 Å². The number of imide groups is 1. The van der Waals surface area contributed by atoms with E-state index in [9.17, 15) is 9.59 Å². The third-order valence-electron chi connectivity index (χ3n) is 2.23. The Balaban J connectivity index is 2.40. The number of hydrogen-bond acceptors (Lipinski definition) is 3. The van der Waals surface area contributed by atoms with Crippen LogP contribution in [0.1, 0.15) is 5.56 Å². The summed E-state index contributed by atoms with van der Waals surface area (Å²) >= 11 is 11.2. The Kier molecular flexibility index (Phi) is 2.88. The van der Waals surface area contributed by atoms with Gasteiger partial charge in [0, 0.05) is 0 Å². The number of nitriles is 1. The van der Waals surface area contributed by atoms with Crippen LogP contribution in [0.25, 0.3) is 0 Å². The van der Waals surface area contributed by atoms with Gasteiger partial charge < -0.3 is 0 Å². The zero-order valence-corrected chi connectivity index (χ0v) is 9.79. The largest absolute Gasteiger partial charge is 0.278 e. The van der Waals surface area contributed by atoms with E-state index in [2.05, 4.69) is 0 Å². The van der Waals surface area contributed by atoms with Gasteiger partial charge >= 0.3 is 0 Å². The quantitative estimate of drug-likeness (QED) is 0.732. The van der Waals surface area contributed by atoms with Gasteiger partial charge in [-0.3, -0.25) is 9.59 Å². The normalized spacial score (nSPS) is 15.5. The van der Waals surface area contributed by atoms with Gasteiger partial charge in [0.2, 0.25) is 0 Å². The molecule has 6 heteroatoms. The monoisotopic (exact) mass is 266 g/mol. The SMILES string of the molecule is N#Cc1ccc(N2C(=O)C(Cl)=C(Cl)C2=O)cc1. The van der Waals surface area contributed by atoms with Crippen LogP contribution in [0.2, 0.25) is 0 Å². The standard InChI is InChI=1S/C11H4Cl2N2O2/c12-8-9(13)11(17)15(10(8)16)7-3-1-6(5-14)2-4-7/h1-4H. The van der Waals surface area contributed by atoms with E-state index in [1.165, 1.54) is 24.3 Å². The van der Waals surface area contributed by atoms with E-state index in [4.69, 9.17) is 28.5 Å². The third kappa shape index (κ3) is 1.80. The highest BCUT2D eigenvalue weighted by Crippen LogP contribution is 2.30. The summed E-state index contributed by atoms with van der Waals surface area (Å²) in [5, 5.41) is 8.05. The summed E-state index contributed by atoms with van der Waals surface area (Å²) in [4.78, 5) is 24.2. The smallest absolute Gasteiger partial charge is 0.267 e. The highest BCUT2D eigenvalue weighted by Gasteiger charge is 2.37. The number of rotatable bonds is 1. The van der Waals surface area contributed by atoms with Gasteiger partial charge in [0.1, 0.15) is 10.1 Å². The molecule has 0 radical (unpaired) electrons. The molecule has 0 bridgehead atoms. The van der Waals surface area contributed by atoms with E-state index in [1.54, 1.807) is 0 Å². The van der Waals surface area contributed by atoms with E-state index in [1.807, 2.05) is 6.07 Å². The van der Waals surface area contributed by atoms with Crippen molar-refractivity contribution < 1.29 is 9.59 Å². The van der Waals surface area contributed by atoms with Crippen molar-refractivity contribution in [2.45, 2.75) is 0 Å². The molecule has 2 amide bonds. The first kappa shape index (κ1) is 11.6. The molecule has 84 valence electrons. The molecule has 2 rings (SSSR count). The third-order valence-corrected chi connectivity index (χ3v) is 3.03. The Morgan fingerprint density at radius 3 is 1.88 bits per heavy atom. The van der Waals surface area contributed by atoms with Gasteiger partial charge in [-0.2, -0.15) is 5.26 Å². The molecule has 0 atom stereocenters. The van der Waals surface area contributed by atoms with Gasteiger partial charge in [-0.05, 0) is 24.3 Å². The molecular formula is C11H4Cl2N2O2. The first-order valence-corrected chi connectivity index (χ1v) is 5.26. The first-order valence-electron chi connectivity index (χ1n) is 4.50. The zero-order chi connectivity index (χ0) is 12.6. The number of halogens is 2. The van der Waals surface area contributed by atoms with Crippen molar-refractivity contribution in [2.75, 3.05) is 4.90 Å². The molecule has 0 N–H and O–H groups in total. The fourth-order valence-corrected chi connectivity index (χ4v) is 1.73. The van der Waals surface area contributed by atoms with E-state index in [0.717, 1.165) is 4.90 Å². The minimum atomic E-state index is -0.661. The molecule has 0 spiro atoms. The van der Waals surface area contributed by atoms with Crippen molar-refractivity contribution in [3.8, 4) is 6.07 Å². The average molecular weight is 267 g/mol. The lowest BCUT2D eigenvalue weighted by molar-refractivity contribution is -0.120. The van der Waals surface area contributed by atoms with Crippen LogP contribution in [0.4, 0.5) is 5.69 Å². The molecule has 0 fully saturated rings. The second-order valence-electron chi connectivity index (χ2n) is 3.23. The number of anilines is 1. The van der Waals surface area contributed by atoms with Gasteiger partial charge in [0.25, 0.3) is 11.8 Å². The number of nitrogens with zero attached hydrogens (tertiary/aromatic N) is 2. The second-order valence-corrected chi connectivity index (χ2v) is 3.99. The molecule has 0 unspecified atom stereocenters. The number of carbonyl (C=O) groups excluding carboxylic acids is 2. The van der Waals surface area contributed by atoms with Crippen LogP contribution in [0.3, 0.4) is 0 Å². The highest BCUT2D eigenvalue weighted by molar-refractivity contribution is 6.62. The first-order chi connectivity index (χ1) is 8.06. The Bertz CT molecular complexity index is 560. The summed E-state index contributed by atoms with van der Waals surface area (Å²) in [5.41, 5.74) is 0.755. The predicted octanol–water partition coefficient (Wildman–Crippen LogP) is 2.12. The predicted molar refractivity (Wildman–Crippen MR) is 62.4 cm³/mol. The molecule has 0 aliphatic carbocycles. The zero-order valence-electron chi connectivity index (χ0n) is 8.28. The van der Waals surface area contributed by atoms with Crippen molar-refractivity contribution in [1.29, 1.82) is 5.26 Å². The molecule has 1 aliphatic rings. The summed E-state index contributed by atoms with van der Waals surface area (Å²) in [5.74, 6) is -1.32. The fraction of sp³-hybridized carbons (Fsp3) is 0. The minimum Gasteiger partial charge on any atom is -0.267 e. The van der Waals surface area contributed by atoms with Crippen LogP contribution >= 0.6 is 23.2 Å². The van der Waals surface area contributed by atoms with Crippen LogP contribution in [0.5, 0.6) is 0 Å². The summed E-state index contributed by atoms with van der Waals surface area (Å²) in [6, 6.07) is 7.89. The Hall–Kier alpha value is -1.83. The molecule has 1 aromatic rings. The lowest BCUT2D eigenvalue weighted by atomic mass is 10.2. The number of amides is 2. The summed E-state index contributed by atoms with van der Waals surface area (Å²) < 4.78 is 0. The van der Waals surface area contributed by atoms with Gasteiger partial charge in [-0.15, -0.1) is 0 Å². The van der Waals surface area contributed by atoms with Crippen molar-refractivity contribution in [3.63, 3.8) is 0 Å². The van der Waals surface area contributed by atoms with Crippen molar-refractivity contribution >= 4 is 40.7 Å². The number of carbonyl (C=O) groups is 2. The van der Waals surface area contributed by atoms with Crippen LogP contribution in [0.15, 0.2) is 34.3 Å². The summed E-state index contributed by atoms with van der Waals surface area (Å²) in [7, 11) is 0. The van der Waals surface area contributed by atoms with E-state index < -0.39 is 11.8 Å². The average Bonchev–Trinajstić information content (AvgIpc) is 2.54. The van der Waals surface area contributed by atoms with Crippen molar-refractivity contribution in [1.82, 2.24) is 0 Å². The summed E-state index contributed by atoms with van der Waals surface area (Å²) in [6.45, 7) is 0. The maximum Gasteiger partial charge on any atom is 0.278 e. The molecule has 1 aliphatic heterocycles. The molecular weight excluding hydrogens is 263 g/mol. The fourth-order valence-electron chi connectivity index (χ4n) is 1.40. The van der Waals surface area contributed by atoms with Gasteiger partial charge in [-0.1, -0.05) is 23.2 Å². The Morgan fingerprint density at radius 2 is 1.47 bits per heavy atom. The van der Waals surface area contributed by atoms with E-state index in [0.29, 0.717) is 11.3 Å². The summed E-state index contributed by atoms with van der Waals surface area (Å²) in [6.07, 6.45) is 0. The van der Waals surface area contributed by atoms with Crippen LogP contribution in [-0.2, 0) is 9.59 Å². The molecule has 0 saturated heterocycles. The molecule has 1 heterocycles. The topological polar surface area (TPSA) is 61.2 Å². The molecule has 0 saturated carbocycles. The molecule has 0 aromatic heterocycles. The second kappa shape index (κ2) is 4.21. The maximum absolute atomic E-state index is 11.6. The highest BCUT2D eigenvalue weighted by atomic mass is 35.5. The van der Waals surface area contributed by atoms with Gasteiger partial charge in [0.15, 0.2) is 0 Å². The van der Waals surface area contributed by atoms with E-state index in [-0.39, 0.29) is 10.1 Å². The van der Waals surface area contributed by atoms with Crippen molar-refractivity contribution in [2.24, 2.45) is 0 Å². The van der Waals surface area contributed by atoms with Gasteiger partial charge in [-0.25, -0.2) is 4.90 Å².